The topological polar surface area (TPSA) is 0 Å². The van der Waals surface area contributed by atoms with Crippen LogP contribution in [0.5, 0.6) is 0 Å². The highest BCUT2D eigenvalue weighted by atomic mass is 19.3. The Kier molecular flexibility index (Phi) is 25.8. The number of hydrogen-bond acceptors (Lipinski definition) is 0. The monoisotopic (exact) mass is 1090 g/mol. The first-order valence-corrected chi connectivity index (χ1v) is 30.2. The summed E-state index contributed by atoms with van der Waals surface area (Å²) in [5.74, 6) is 5.41. The predicted molar refractivity (Wildman–Crippen MR) is 346 cm³/mol. The van der Waals surface area contributed by atoms with Crippen LogP contribution in [0, 0.1) is 134 Å². The van der Waals surface area contributed by atoms with E-state index in [0.717, 1.165) is 62.3 Å². The van der Waals surface area contributed by atoms with E-state index in [1.54, 1.807) is 22.8 Å². The summed E-state index contributed by atoms with van der Waals surface area (Å²) >= 11 is 0. The first-order valence-electron chi connectivity index (χ1n) is 30.2. The van der Waals surface area contributed by atoms with Crippen molar-refractivity contribution in [2.45, 2.75) is 294 Å². The van der Waals surface area contributed by atoms with Crippen LogP contribution in [0.2, 0.25) is 0 Å². The fourth-order valence-electron chi connectivity index (χ4n) is 16.3. The maximum Gasteiger partial charge on any atom is 0.266 e. The van der Waals surface area contributed by atoms with Crippen molar-refractivity contribution in [2.24, 2.45) is 23.7 Å². The average molecular weight is 1090 g/mol. The van der Waals surface area contributed by atoms with Gasteiger partial charge in [0.25, 0.3) is 6.08 Å². The predicted octanol–water partition coefficient (Wildman–Crippen LogP) is 25.4. The van der Waals surface area contributed by atoms with Crippen molar-refractivity contribution < 1.29 is 13.2 Å². The summed E-state index contributed by atoms with van der Waals surface area (Å²) < 4.78 is 37.7. The molecule has 0 atom stereocenters. The number of halogens is 3. The zero-order chi connectivity index (χ0) is 54.9. The normalized spacial score (nSPS) is 23.1. The largest absolute Gasteiger partial charge is 0.266 e. The molecule has 4 aromatic rings. The van der Waals surface area contributed by atoms with Crippen LogP contribution in [0.25, 0.3) is 22.3 Å². The van der Waals surface area contributed by atoms with Crippen LogP contribution in [0.15, 0.2) is 24.6 Å². The lowest BCUT2D eigenvalue weighted by molar-refractivity contribution is 0.321. The molecule has 8 rings (SSSR count). The fourth-order valence-corrected chi connectivity index (χ4v) is 16.3. The summed E-state index contributed by atoms with van der Waals surface area (Å²) in [6.07, 6.45) is 23.4. The van der Waals surface area contributed by atoms with E-state index >= 15 is 0 Å². The summed E-state index contributed by atoms with van der Waals surface area (Å²) in [7, 11) is 0. The van der Waals surface area contributed by atoms with E-state index in [0.29, 0.717) is 36.0 Å². The Bertz CT molecular complexity index is 2640. The van der Waals surface area contributed by atoms with Gasteiger partial charge in [-0.25, -0.2) is 4.39 Å². The fraction of sp³-hybridized carbons (Fsp3) is 0.632. The molecule has 0 unspecified atom stereocenters. The van der Waals surface area contributed by atoms with Crippen molar-refractivity contribution in [2.75, 3.05) is 0 Å². The molecule has 0 saturated heterocycles. The molecule has 0 spiro atoms. The first kappa shape index (κ1) is 69.4. The van der Waals surface area contributed by atoms with Crippen molar-refractivity contribution in [3.63, 3.8) is 0 Å². The van der Waals surface area contributed by atoms with Crippen molar-refractivity contribution >= 4 is 0 Å². The second-order valence-electron chi connectivity index (χ2n) is 25.8. The minimum atomic E-state index is -1.53. The second-order valence-corrected chi connectivity index (χ2v) is 25.8. The maximum atomic E-state index is 12.6. The smallest absolute Gasteiger partial charge is 0.216 e. The van der Waals surface area contributed by atoms with Gasteiger partial charge in [-0.05, 0) is 388 Å². The van der Waals surface area contributed by atoms with E-state index in [4.69, 9.17) is 0 Å². The van der Waals surface area contributed by atoms with E-state index in [1.807, 2.05) is 0 Å². The third-order valence-corrected chi connectivity index (χ3v) is 21.8. The summed E-state index contributed by atoms with van der Waals surface area (Å²) in [5.41, 5.74) is 36.1. The Morgan fingerprint density at radius 2 is 0.519 bits per heavy atom. The van der Waals surface area contributed by atoms with E-state index in [9.17, 15) is 13.2 Å². The highest BCUT2D eigenvalue weighted by Crippen LogP contribution is 2.51. The van der Waals surface area contributed by atoms with Crippen LogP contribution in [0.3, 0.4) is 0 Å². The molecule has 0 bridgehead atoms. The molecule has 4 aliphatic rings. The summed E-state index contributed by atoms with van der Waals surface area (Å²) in [6.45, 7) is 42.7. The molecule has 0 amide bonds. The number of allylic oxidation sites excluding steroid dienone is 2. The lowest BCUT2D eigenvalue weighted by Crippen LogP contribution is -2.17. The molecule has 0 heterocycles. The van der Waals surface area contributed by atoms with Gasteiger partial charge in [0.1, 0.15) is 0 Å². The van der Waals surface area contributed by atoms with Gasteiger partial charge in [-0.1, -0.05) is 75.3 Å². The Labute approximate surface area is 486 Å². The molecular formula is C76H117F3. The van der Waals surface area contributed by atoms with Gasteiger partial charge >= 0.3 is 0 Å². The third-order valence-electron chi connectivity index (χ3n) is 21.8. The van der Waals surface area contributed by atoms with Crippen LogP contribution < -0.4 is 0 Å². The molecule has 3 heteroatoms. The molecule has 0 aromatic heterocycles. The van der Waals surface area contributed by atoms with E-state index in [-0.39, 0.29) is 29.7 Å². The van der Waals surface area contributed by atoms with Gasteiger partial charge < -0.3 is 0 Å². The van der Waals surface area contributed by atoms with Crippen LogP contribution in [-0.4, -0.2) is 0 Å². The van der Waals surface area contributed by atoms with E-state index in [1.165, 1.54) is 194 Å². The minimum Gasteiger partial charge on any atom is -0.216 e. The molecule has 4 fully saturated rings. The second kappa shape index (κ2) is 29.4. The molecule has 0 radical (unpaired) electrons. The molecule has 4 aromatic carbocycles. The summed E-state index contributed by atoms with van der Waals surface area (Å²) in [6, 6.07) is 0. The molecule has 0 aliphatic heterocycles. The zero-order valence-corrected chi connectivity index (χ0v) is 50.7. The Morgan fingerprint density at radius 3 is 0.722 bits per heavy atom. The zero-order valence-electron chi connectivity index (χ0n) is 50.7. The van der Waals surface area contributed by atoms with Crippen LogP contribution in [0.1, 0.15) is 294 Å². The van der Waals surface area contributed by atoms with Crippen LogP contribution in [0.4, 0.5) is 13.2 Å². The van der Waals surface area contributed by atoms with Crippen molar-refractivity contribution in [1.29, 1.82) is 0 Å². The number of hydrogen-bond donors (Lipinski definition) is 0. The molecule has 442 valence electrons. The van der Waals surface area contributed by atoms with Gasteiger partial charge in [0, 0.05) is 0 Å². The molecule has 0 nitrogen and oxygen atoms in total. The molecule has 4 saturated carbocycles. The van der Waals surface area contributed by atoms with Gasteiger partial charge in [0.15, 0.2) is 0 Å². The number of rotatable bonds is 10. The van der Waals surface area contributed by atoms with Gasteiger partial charge in [0.2, 0.25) is 0 Å². The van der Waals surface area contributed by atoms with Crippen molar-refractivity contribution in [3.8, 4) is 22.3 Å². The van der Waals surface area contributed by atoms with Crippen LogP contribution >= 0.6 is 0 Å². The Balaban J connectivity index is 0.000000395. The Morgan fingerprint density at radius 1 is 0.316 bits per heavy atom. The quantitative estimate of drug-likeness (QED) is 0.148. The van der Waals surface area contributed by atoms with E-state index < -0.39 is 6.08 Å². The van der Waals surface area contributed by atoms with Crippen molar-refractivity contribution in [1.82, 2.24) is 0 Å². The molecule has 4 aliphatic carbocycles. The Hall–Kier alpha value is -3.85. The molecule has 0 N–H and O–H groups in total. The van der Waals surface area contributed by atoms with Gasteiger partial charge in [-0.2, -0.15) is 8.78 Å². The third kappa shape index (κ3) is 14.2. The molecule has 79 heavy (non-hydrogen) atoms. The van der Waals surface area contributed by atoms with Gasteiger partial charge in [-0.15, -0.1) is 0 Å². The number of benzene rings is 4. The minimum absolute atomic E-state index is 0. The summed E-state index contributed by atoms with van der Waals surface area (Å²) in [5, 5.41) is 0. The van der Waals surface area contributed by atoms with Gasteiger partial charge in [-0.3, -0.25) is 0 Å². The highest BCUT2D eigenvalue weighted by Gasteiger charge is 2.33. The first-order chi connectivity index (χ1) is 35.5. The van der Waals surface area contributed by atoms with Crippen LogP contribution in [-0.2, 0) is 0 Å². The SMILES string of the molecule is C.C.C.C.Cc1c(C)c(C2CCC(C)CC2)c(C)c(C)c1-c1c(C)c(C)c(C2CCC(C/C=C/F)CC2)c(C)c1C.Cc1c(C)c(C2CCC(C)CC2)c(C)c(C)c1-c1c(C)c(C)c(C2CCC(CC=C(F)F)CC2)c(C)c1C. The highest BCUT2D eigenvalue weighted by molar-refractivity contribution is 5.83. The standard InChI is InChI=1S/C36H50F2.C36H51F.4CH4/c1-20-10-15-30(16-11-20)33-21(2)25(6)35(26(7)22(33)3)36-27(8)23(4)34(24(5)28(36)9)31-17-12-29(13-18-31)14-19-32(37)38;1-21-12-16-31(17-13-21)33-22(2)26(6)35(27(7)23(33)3)36-28(8)24(4)34(25(5)29(36)9)32-18-14-30(15-19-32)11-10-20-37;;;;/h19-20,29-31H,10-18H2,1-9H3;10,20-21,30-32H,11-19H2,1-9H3;4*1H4/b;20-10+;;;;. The van der Waals surface area contributed by atoms with Gasteiger partial charge in [0.05, 0.1) is 6.33 Å². The lowest BCUT2D eigenvalue weighted by atomic mass is 9.71. The average Bonchev–Trinajstić information content (AvgIpc) is 3.40. The lowest BCUT2D eigenvalue weighted by Gasteiger charge is -2.34. The summed E-state index contributed by atoms with van der Waals surface area (Å²) in [4.78, 5) is 0. The molecular weight excluding hydrogens is 970 g/mol. The van der Waals surface area contributed by atoms with E-state index in [2.05, 4.69) is 125 Å². The van der Waals surface area contributed by atoms with Crippen molar-refractivity contribution in [3.05, 3.63) is 136 Å². The maximum absolute atomic E-state index is 12.6.